The maximum Gasteiger partial charge on any atom is 0.178 e. The number of aryl methyl sites for hydroxylation is 1. The molecule has 0 spiro atoms. The summed E-state index contributed by atoms with van der Waals surface area (Å²) in [5.41, 5.74) is 0.909. The summed E-state index contributed by atoms with van der Waals surface area (Å²) in [6, 6.07) is 3.71. The van der Waals surface area contributed by atoms with Crippen LogP contribution in [0.1, 0.15) is 24.0 Å². The highest BCUT2D eigenvalue weighted by atomic mass is 32.2. The van der Waals surface area contributed by atoms with Crippen molar-refractivity contribution in [2.24, 2.45) is 0 Å². The molecule has 0 fully saturated rings. The molecule has 70 valence electrons. The molecule has 0 aromatic carbocycles. The van der Waals surface area contributed by atoms with E-state index in [0.717, 1.165) is 10.8 Å². The molecular formula is C9H8N4S. The lowest BCUT2D eigenvalue weighted by Crippen LogP contribution is -1.99. The van der Waals surface area contributed by atoms with E-state index >= 15 is 0 Å². The molecule has 5 heteroatoms. The fourth-order valence-electron chi connectivity index (χ4n) is 0.933. The highest BCUT2D eigenvalue weighted by Gasteiger charge is 2.09. The second-order valence-corrected chi connectivity index (χ2v) is 3.72. The monoisotopic (exact) mass is 204 g/mol. The van der Waals surface area contributed by atoms with Crippen molar-refractivity contribution < 1.29 is 0 Å². The predicted molar refractivity (Wildman–Crippen MR) is 52.6 cm³/mol. The van der Waals surface area contributed by atoms with Gasteiger partial charge in [0.05, 0.1) is 5.69 Å². The Morgan fingerprint density at radius 2 is 1.79 bits per heavy atom. The Kier molecular flexibility index (Phi) is 3.44. The summed E-state index contributed by atoms with van der Waals surface area (Å²) in [5, 5.41) is 18.1. The van der Waals surface area contributed by atoms with Gasteiger partial charge in [-0.3, -0.25) is 0 Å². The summed E-state index contributed by atoms with van der Waals surface area (Å²) >= 11 is 1.52. The van der Waals surface area contributed by atoms with Gasteiger partial charge in [0, 0.05) is 0 Å². The van der Waals surface area contributed by atoms with E-state index in [1.165, 1.54) is 11.8 Å². The van der Waals surface area contributed by atoms with Crippen molar-refractivity contribution in [3.63, 3.8) is 0 Å². The van der Waals surface area contributed by atoms with Crippen LogP contribution in [0.4, 0.5) is 0 Å². The third-order valence-electron chi connectivity index (χ3n) is 1.52. The van der Waals surface area contributed by atoms with Crippen LogP contribution in [0.5, 0.6) is 0 Å². The van der Waals surface area contributed by atoms with Crippen LogP contribution >= 0.6 is 11.8 Å². The molecule has 0 aliphatic heterocycles. The van der Waals surface area contributed by atoms with Gasteiger partial charge in [-0.25, -0.2) is 9.97 Å². The number of hydrogen-bond acceptors (Lipinski definition) is 5. The van der Waals surface area contributed by atoms with Crippen LogP contribution in [-0.4, -0.2) is 15.7 Å². The van der Waals surface area contributed by atoms with E-state index in [-0.39, 0.29) is 11.4 Å². The molecule has 0 amide bonds. The van der Waals surface area contributed by atoms with Gasteiger partial charge in [0.1, 0.15) is 17.2 Å². The maximum absolute atomic E-state index is 8.72. The molecule has 0 saturated heterocycles. The normalized spacial score (nSPS) is 9.14. The zero-order chi connectivity index (χ0) is 10.6. The summed E-state index contributed by atoms with van der Waals surface area (Å²) < 4.78 is 0. The molecule has 0 atom stereocenters. The lowest BCUT2D eigenvalue weighted by Gasteiger charge is -2.02. The Morgan fingerprint density at radius 3 is 2.29 bits per heavy atom. The fourth-order valence-corrected chi connectivity index (χ4v) is 1.62. The van der Waals surface area contributed by atoms with Crippen molar-refractivity contribution in [2.45, 2.75) is 18.9 Å². The summed E-state index contributed by atoms with van der Waals surface area (Å²) in [4.78, 5) is 8.08. The van der Waals surface area contributed by atoms with Gasteiger partial charge in [-0.1, -0.05) is 6.92 Å². The Hall–Kier alpha value is -1.59. The van der Waals surface area contributed by atoms with Gasteiger partial charge >= 0.3 is 0 Å². The number of nitriles is 2. The molecule has 0 bridgehead atoms. The van der Waals surface area contributed by atoms with Gasteiger partial charge < -0.3 is 0 Å². The van der Waals surface area contributed by atoms with Crippen LogP contribution in [-0.2, 0) is 0 Å². The van der Waals surface area contributed by atoms with Gasteiger partial charge in [-0.2, -0.15) is 10.5 Å². The van der Waals surface area contributed by atoms with E-state index in [2.05, 4.69) is 9.97 Å². The lowest BCUT2D eigenvalue weighted by molar-refractivity contribution is 0.954. The smallest absolute Gasteiger partial charge is 0.178 e. The molecule has 1 heterocycles. The van der Waals surface area contributed by atoms with Crippen LogP contribution < -0.4 is 0 Å². The Bertz CT molecular complexity index is 428. The largest absolute Gasteiger partial charge is 0.237 e. The van der Waals surface area contributed by atoms with E-state index in [1.807, 2.05) is 19.1 Å². The van der Waals surface area contributed by atoms with Crippen LogP contribution in [0.3, 0.4) is 0 Å². The van der Waals surface area contributed by atoms with Crippen LogP contribution in [0.25, 0.3) is 0 Å². The lowest BCUT2D eigenvalue weighted by atomic mass is 10.3. The average Bonchev–Trinajstić information content (AvgIpc) is 2.20. The van der Waals surface area contributed by atoms with Crippen molar-refractivity contribution in [1.29, 1.82) is 10.5 Å². The molecule has 1 aromatic heterocycles. The number of rotatable bonds is 2. The standard InChI is InChI=1S/C9H8N4S/c1-3-14-9-6(2)12-7(4-10)8(5-11)13-9/h3H2,1-2H3. The fraction of sp³-hybridized carbons (Fsp3) is 0.333. The quantitative estimate of drug-likeness (QED) is 0.684. The summed E-state index contributed by atoms with van der Waals surface area (Å²) in [6.45, 7) is 3.78. The minimum absolute atomic E-state index is 0.102. The Balaban J connectivity index is 3.27. The number of thioether (sulfide) groups is 1. The van der Waals surface area contributed by atoms with Crippen LogP contribution in [0.15, 0.2) is 5.03 Å². The Labute approximate surface area is 86.6 Å². The molecule has 14 heavy (non-hydrogen) atoms. The van der Waals surface area contributed by atoms with Gasteiger partial charge in [0.25, 0.3) is 0 Å². The second kappa shape index (κ2) is 4.59. The first-order valence-electron chi connectivity index (χ1n) is 4.04. The summed E-state index contributed by atoms with van der Waals surface area (Å²) in [6.07, 6.45) is 0. The molecule has 1 aromatic rings. The van der Waals surface area contributed by atoms with E-state index < -0.39 is 0 Å². The topological polar surface area (TPSA) is 73.4 Å². The van der Waals surface area contributed by atoms with Gasteiger partial charge in [-0.15, -0.1) is 11.8 Å². The molecule has 0 saturated carbocycles. The van der Waals surface area contributed by atoms with Crippen molar-refractivity contribution >= 4 is 11.8 Å². The number of aromatic nitrogens is 2. The molecule has 1 rings (SSSR count). The van der Waals surface area contributed by atoms with E-state index in [1.54, 1.807) is 6.92 Å². The van der Waals surface area contributed by atoms with Crippen LogP contribution in [0, 0.1) is 29.6 Å². The summed E-state index contributed by atoms with van der Waals surface area (Å²) in [7, 11) is 0. The molecule has 0 aliphatic carbocycles. The third kappa shape index (κ3) is 2.01. The van der Waals surface area contributed by atoms with Crippen molar-refractivity contribution in [3.05, 3.63) is 17.1 Å². The molecular weight excluding hydrogens is 196 g/mol. The van der Waals surface area contributed by atoms with E-state index in [0.29, 0.717) is 5.69 Å². The number of nitrogens with zero attached hydrogens (tertiary/aromatic N) is 4. The highest BCUT2D eigenvalue weighted by molar-refractivity contribution is 7.99. The zero-order valence-corrected chi connectivity index (χ0v) is 8.72. The first-order chi connectivity index (χ1) is 6.72. The zero-order valence-electron chi connectivity index (χ0n) is 7.90. The Morgan fingerprint density at radius 1 is 1.21 bits per heavy atom. The molecule has 0 N–H and O–H groups in total. The third-order valence-corrected chi connectivity index (χ3v) is 2.47. The maximum atomic E-state index is 8.72. The van der Waals surface area contributed by atoms with E-state index in [9.17, 15) is 0 Å². The molecule has 4 nitrogen and oxygen atoms in total. The van der Waals surface area contributed by atoms with Gasteiger partial charge in [0.2, 0.25) is 0 Å². The molecule has 0 radical (unpaired) electrons. The minimum Gasteiger partial charge on any atom is -0.237 e. The van der Waals surface area contributed by atoms with E-state index in [4.69, 9.17) is 10.5 Å². The minimum atomic E-state index is 0.102. The second-order valence-electron chi connectivity index (χ2n) is 2.47. The highest BCUT2D eigenvalue weighted by Crippen LogP contribution is 2.19. The van der Waals surface area contributed by atoms with Crippen molar-refractivity contribution in [1.82, 2.24) is 9.97 Å². The predicted octanol–water partition coefficient (Wildman–Crippen LogP) is 1.64. The van der Waals surface area contributed by atoms with Gasteiger partial charge in [-0.05, 0) is 12.7 Å². The van der Waals surface area contributed by atoms with Gasteiger partial charge in [0.15, 0.2) is 11.4 Å². The first kappa shape index (κ1) is 10.5. The summed E-state index contributed by atoms with van der Waals surface area (Å²) in [5.74, 6) is 0.867. The molecule has 0 unspecified atom stereocenters. The molecule has 0 aliphatic rings. The average molecular weight is 204 g/mol. The first-order valence-corrected chi connectivity index (χ1v) is 5.03. The number of hydrogen-bond donors (Lipinski definition) is 0. The van der Waals surface area contributed by atoms with Crippen LogP contribution in [0.2, 0.25) is 0 Å². The SMILES string of the molecule is CCSc1nc(C#N)c(C#N)nc1C. The van der Waals surface area contributed by atoms with Crippen molar-refractivity contribution in [3.8, 4) is 12.1 Å². The van der Waals surface area contributed by atoms with Crippen molar-refractivity contribution in [2.75, 3.05) is 5.75 Å².